The van der Waals surface area contributed by atoms with Crippen molar-refractivity contribution in [2.75, 3.05) is 11.9 Å². The second kappa shape index (κ2) is 8.11. The Morgan fingerprint density at radius 2 is 1.96 bits per heavy atom. The Morgan fingerprint density at radius 3 is 2.57 bits per heavy atom. The molecule has 0 aliphatic carbocycles. The van der Waals surface area contributed by atoms with Gasteiger partial charge in [0, 0.05) is 18.2 Å². The second-order valence-corrected chi connectivity index (χ2v) is 6.69. The van der Waals surface area contributed by atoms with Gasteiger partial charge in [-0.05, 0) is 43.0 Å². The number of anilines is 1. The Labute approximate surface area is 138 Å². The molecule has 5 heteroatoms. The fourth-order valence-electron chi connectivity index (χ4n) is 2.61. The summed E-state index contributed by atoms with van der Waals surface area (Å²) in [5.41, 5.74) is 1.80. The lowest BCUT2D eigenvalue weighted by Crippen LogP contribution is -2.48. The van der Waals surface area contributed by atoms with E-state index in [1.54, 1.807) is 0 Å². The van der Waals surface area contributed by atoms with Gasteiger partial charge in [-0.3, -0.25) is 9.59 Å². The van der Waals surface area contributed by atoms with E-state index in [4.69, 9.17) is 0 Å². The van der Waals surface area contributed by atoms with Crippen molar-refractivity contribution in [2.24, 2.45) is 11.8 Å². The van der Waals surface area contributed by atoms with Gasteiger partial charge in [-0.15, -0.1) is 0 Å². The minimum absolute atomic E-state index is 0.00328. The molecule has 0 aromatic heterocycles. The molecule has 3 N–H and O–H groups in total. The van der Waals surface area contributed by atoms with E-state index < -0.39 is 0 Å². The highest BCUT2D eigenvalue weighted by Crippen LogP contribution is 2.15. The lowest BCUT2D eigenvalue weighted by Gasteiger charge is -2.27. The Bertz CT molecular complexity index is 540. The van der Waals surface area contributed by atoms with Crippen LogP contribution in [0.3, 0.4) is 0 Å². The molecule has 23 heavy (non-hydrogen) atoms. The Balaban J connectivity index is 1.81. The summed E-state index contributed by atoms with van der Waals surface area (Å²) in [6, 6.07) is 7.49. The highest BCUT2D eigenvalue weighted by molar-refractivity contribution is 5.92. The van der Waals surface area contributed by atoms with E-state index in [1.165, 1.54) is 0 Å². The van der Waals surface area contributed by atoms with Crippen LogP contribution in [0.2, 0.25) is 0 Å². The van der Waals surface area contributed by atoms with Gasteiger partial charge in [-0.1, -0.05) is 32.9 Å². The van der Waals surface area contributed by atoms with Crippen LogP contribution in [-0.2, 0) is 16.1 Å². The topological polar surface area (TPSA) is 70.2 Å². The average Bonchev–Trinajstić information content (AvgIpc) is 2.53. The summed E-state index contributed by atoms with van der Waals surface area (Å²) in [5.74, 6) is 0.618. The van der Waals surface area contributed by atoms with Gasteiger partial charge in [0.05, 0.1) is 6.04 Å². The number of amides is 2. The van der Waals surface area contributed by atoms with Crippen molar-refractivity contribution in [3.63, 3.8) is 0 Å². The predicted octanol–water partition coefficient (Wildman–Crippen LogP) is 2.29. The highest BCUT2D eigenvalue weighted by atomic mass is 16.2. The number of rotatable bonds is 5. The lowest BCUT2D eigenvalue weighted by molar-refractivity contribution is -0.124. The first kappa shape index (κ1) is 17.5. The maximum atomic E-state index is 12.2. The Hall–Kier alpha value is -1.88. The first-order valence-electron chi connectivity index (χ1n) is 8.36. The largest absolute Gasteiger partial charge is 0.351 e. The summed E-state index contributed by atoms with van der Waals surface area (Å²) in [5, 5.41) is 9.10. The van der Waals surface area contributed by atoms with E-state index >= 15 is 0 Å². The summed E-state index contributed by atoms with van der Waals surface area (Å²) in [6.45, 7) is 7.32. The summed E-state index contributed by atoms with van der Waals surface area (Å²) in [7, 11) is 0. The molecule has 1 fully saturated rings. The van der Waals surface area contributed by atoms with Crippen molar-refractivity contribution in [3.05, 3.63) is 29.8 Å². The molecule has 2 amide bonds. The van der Waals surface area contributed by atoms with Crippen molar-refractivity contribution in [1.82, 2.24) is 10.6 Å². The molecule has 0 spiro atoms. The van der Waals surface area contributed by atoms with Crippen LogP contribution in [0.5, 0.6) is 0 Å². The molecule has 1 aliphatic heterocycles. The summed E-state index contributed by atoms with van der Waals surface area (Å²) in [4.78, 5) is 23.8. The standard InChI is InChI=1S/C18H27N3O2/c1-12(2)17(22)21-15-6-4-14(5-7-15)11-20-18(23)16-10-13(3)8-9-19-16/h4-7,12-13,16,19H,8-11H2,1-3H3,(H,20,23)(H,21,22). The van der Waals surface area contributed by atoms with Crippen molar-refractivity contribution >= 4 is 17.5 Å². The van der Waals surface area contributed by atoms with Gasteiger partial charge in [0.1, 0.15) is 0 Å². The molecule has 0 radical (unpaired) electrons. The Kier molecular flexibility index (Phi) is 6.16. The second-order valence-electron chi connectivity index (χ2n) is 6.69. The molecule has 5 nitrogen and oxygen atoms in total. The van der Waals surface area contributed by atoms with Crippen molar-refractivity contribution in [3.8, 4) is 0 Å². The van der Waals surface area contributed by atoms with Crippen LogP contribution in [0, 0.1) is 11.8 Å². The van der Waals surface area contributed by atoms with Crippen molar-refractivity contribution in [2.45, 2.75) is 46.2 Å². The average molecular weight is 317 g/mol. The Morgan fingerprint density at radius 1 is 1.26 bits per heavy atom. The SMILES string of the molecule is CC1CCNC(C(=O)NCc2ccc(NC(=O)C(C)C)cc2)C1. The maximum absolute atomic E-state index is 12.2. The van der Waals surface area contributed by atoms with E-state index in [9.17, 15) is 9.59 Å². The maximum Gasteiger partial charge on any atom is 0.237 e. The van der Waals surface area contributed by atoms with Crippen LogP contribution in [0.25, 0.3) is 0 Å². The summed E-state index contributed by atoms with van der Waals surface area (Å²) in [6.07, 6.45) is 2.03. The first-order chi connectivity index (χ1) is 11.0. The normalized spacial score (nSPS) is 21.0. The number of carbonyl (C=O) groups excluding carboxylic acids is 2. The molecule has 0 saturated carbocycles. The van der Waals surface area contributed by atoms with Crippen LogP contribution < -0.4 is 16.0 Å². The number of piperidine rings is 1. The molecule has 1 aromatic rings. The van der Waals surface area contributed by atoms with Crippen LogP contribution in [0.4, 0.5) is 5.69 Å². The molecular formula is C18H27N3O2. The van der Waals surface area contributed by atoms with E-state index in [2.05, 4.69) is 22.9 Å². The summed E-state index contributed by atoms with van der Waals surface area (Å²) < 4.78 is 0. The van der Waals surface area contributed by atoms with Crippen LogP contribution in [-0.4, -0.2) is 24.4 Å². The lowest BCUT2D eigenvalue weighted by atomic mass is 9.94. The predicted molar refractivity (Wildman–Crippen MR) is 91.9 cm³/mol. The van der Waals surface area contributed by atoms with Gasteiger partial charge in [0.2, 0.25) is 11.8 Å². The molecule has 1 aliphatic rings. The summed E-state index contributed by atoms with van der Waals surface area (Å²) >= 11 is 0. The minimum Gasteiger partial charge on any atom is -0.351 e. The molecule has 1 aromatic carbocycles. The molecule has 2 unspecified atom stereocenters. The van der Waals surface area contributed by atoms with E-state index in [0.717, 1.165) is 30.6 Å². The molecule has 1 heterocycles. The fraction of sp³-hybridized carbons (Fsp3) is 0.556. The fourth-order valence-corrected chi connectivity index (χ4v) is 2.61. The first-order valence-corrected chi connectivity index (χ1v) is 8.36. The van der Waals surface area contributed by atoms with Gasteiger partial charge in [-0.25, -0.2) is 0 Å². The number of carbonyl (C=O) groups is 2. The molecular weight excluding hydrogens is 290 g/mol. The third kappa shape index (κ3) is 5.36. The van der Waals surface area contributed by atoms with Gasteiger partial charge in [0.25, 0.3) is 0 Å². The van der Waals surface area contributed by atoms with Gasteiger partial charge < -0.3 is 16.0 Å². The van der Waals surface area contributed by atoms with Crippen molar-refractivity contribution in [1.29, 1.82) is 0 Å². The number of hydrogen-bond donors (Lipinski definition) is 3. The van der Waals surface area contributed by atoms with Crippen LogP contribution >= 0.6 is 0 Å². The zero-order chi connectivity index (χ0) is 16.8. The molecule has 2 rings (SSSR count). The quantitative estimate of drug-likeness (QED) is 0.780. The smallest absolute Gasteiger partial charge is 0.237 e. The van der Waals surface area contributed by atoms with Crippen LogP contribution in [0.1, 0.15) is 39.2 Å². The number of benzene rings is 1. The minimum atomic E-state index is -0.0802. The molecule has 0 bridgehead atoms. The molecule has 1 saturated heterocycles. The highest BCUT2D eigenvalue weighted by Gasteiger charge is 2.24. The van der Waals surface area contributed by atoms with Gasteiger partial charge in [0.15, 0.2) is 0 Å². The zero-order valence-electron chi connectivity index (χ0n) is 14.2. The van der Waals surface area contributed by atoms with Gasteiger partial charge >= 0.3 is 0 Å². The molecule has 2 atom stereocenters. The van der Waals surface area contributed by atoms with E-state index in [0.29, 0.717) is 12.5 Å². The van der Waals surface area contributed by atoms with Crippen molar-refractivity contribution < 1.29 is 9.59 Å². The van der Waals surface area contributed by atoms with Crippen LogP contribution in [0.15, 0.2) is 24.3 Å². The monoisotopic (exact) mass is 317 g/mol. The number of hydrogen-bond acceptors (Lipinski definition) is 3. The van der Waals surface area contributed by atoms with E-state index in [1.807, 2.05) is 38.1 Å². The third-order valence-electron chi connectivity index (χ3n) is 4.20. The zero-order valence-corrected chi connectivity index (χ0v) is 14.2. The van der Waals surface area contributed by atoms with Gasteiger partial charge in [-0.2, -0.15) is 0 Å². The van der Waals surface area contributed by atoms with E-state index in [-0.39, 0.29) is 23.8 Å². The molecule has 126 valence electrons. The number of nitrogens with one attached hydrogen (secondary N) is 3. The third-order valence-corrected chi connectivity index (χ3v) is 4.20.